The van der Waals surface area contributed by atoms with Gasteiger partial charge in [0.05, 0.1) is 19.0 Å². The summed E-state index contributed by atoms with van der Waals surface area (Å²) in [5.74, 6) is -0.537. The van der Waals surface area contributed by atoms with Gasteiger partial charge in [-0.25, -0.2) is 4.79 Å². The van der Waals surface area contributed by atoms with E-state index in [1.807, 2.05) is 0 Å². The van der Waals surface area contributed by atoms with Gasteiger partial charge in [0, 0.05) is 0 Å². The van der Waals surface area contributed by atoms with Crippen LogP contribution in [0.5, 0.6) is 0 Å². The van der Waals surface area contributed by atoms with Gasteiger partial charge in [-0.3, -0.25) is 0 Å². The Morgan fingerprint density at radius 2 is 2.45 bits per heavy atom. The molecule has 0 radical (unpaired) electrons. The summed E-state index contributed by atoms with van der Waals surface area (Å²) in [4.78, 5) is 10.8. The van der Waals surface area contributed by atoms with E-state index >= 15 is 0 Å². The van der Waals surface area contributed by atoms with Crippen LogP contribution in [0.2, 0.25) is 0 Å². The predicted molar refractivity (Wildman–Crippen MR) is 37.8 cm³/mol. The molecule has 5 heteroatoms. The van der Waals surface area contributed by atoms with E-state index in [4.69, 9.17) is 5.73 Å². The molecule has 58 valence electrons. The molecule has 1 rings (SSSR count). The lowest BCUT2D eigenvalue weighted by Crippen LogP contribution is -2.06. The first-order valence-corrected chi connectivity index (χ1v) is 2.90. The van der Waals surface area contributed by atoms with Gasteiger partial charge in [-0.05, 0) is 6.07 Å². The Balaban J connectivity index is 2.96. The van der Waals surface area contributed by atoms with Gasteiger partial charge in [0.15, 0.2) is 5.69 Å². The number of anilines is 1. The number of hydrogen-bond acceptors (Lipinski definition) is 5. The van der Waals surface area contributed by atoms with E-state index in [9.17, 15) is 4.79 Å². The molecule has 5 nitrogen and oxygen atoms in total. The average Bonchev–Trinajstić information content (AvgIpc) is 2.03. The molecule has 1 heterocycles. The van der Waals surface area contributed by atoms with Crippen molar-refractivity contribution in [2.75, 3.05) is 12.8 Å². The summed E-state index contributed by atoms with van der Waals surface area (Å²) >= 11 is 0. The van der Waals surface area contributed by atoms with Crippen LogP contribution in [0.4, 0.5) is 5.69 Å². The molecule has 0 saturated heterocycles. The normalized spacial score (nSPS) is 9.18. The lowest BCUT2D eigenvalue weighted by molar-refractivity contribution is 0.0593. The molecule has 0 aliphatic rings. The number of rotatable bonds is 1. The Morgan fingerprint density at radius 3 is 3.00 bits per heavy atom. The van der Waals surface area contributed by atoms with Gasteiger partial charge in [0.1, 0.15) is 0 Å². The number of carbonyl (C=O) groups is 1. The SMILES string of the molecule is COC(=O)c1cc(N)cnn1. The minimum absolute atomic E-state index is 0.118. The lowest BCUT2D eigenvalue weighted by atomic mass is 10.4. The third-order valence-electron chi connectivity index (χ3n) is 1.07. The molecular formula is C6H7N3O2. The van der Waals surface area contributed by atoms with Gasteiger partial charge in [0.25, 0.3) is 0 Å². The van der Waals surface area contributed by atoms with Crippen molar-refractivity contribution >= 4 is 11.7 Å². The number of nitrogen functional groups attached to an aromatic ring is 1. The molecule has 1 aromatic rings. The average molecular weight is 153 g/mol. The van der Waals surface area contributed by atoms with Gasteiger partial charge < -0.3 is 10.5 Å². The van der Waals surface area contributed by atoms with Crippen molar-refractivity contribution in [3.63, 3.8) is 0 Å². The van der Waals surface area contributed by atoms with Crippen molar-refractivity contribution < 1.29 is 9.53 Å². The molecule has 0 atom stereocenters. The fourth-order valence-corrected chi connectivity index (χ4v) is 0.586. The molecule has 0 saturated carbocycles. The highest BCUT2D eigenvalue weighted by Crippen LogP contribution is 2.00. The molecule has 0 bridgehead atoms. The van der Waals surface area contributed by atoms with E-state index in [2.05, 4.69) is 14.9 Å². The molecule has 0 aromatic carbocycles. The second-order valence-corrected chi connectivity index (χ2v) is 1.87. The number of methoxy groups -OCH3 is 1. The summed E-state index contributed by atoms with van der Waals surface area (Å²) in [5.41, 5.74) is 5.85. The third kappa shape index (κ3) is 1.64. The van der Waals surface area contributed by atoms with E-state index < -0.39 is 5.97 Å². The molecular weight excluding hydrogens is 146 g/mol. The fourth-order valence-electron chi connectivity index (χ4n) is 0.586. The molecule has 2 N–H and O–H groups in total. The van der Waals surface area contributed by atoms with Crippen LogP contribution >= 0.6 is 0 Å². The highest BCUT2D eigenvalue weighted by molar-refractivity contribution is 5.87. The molecule has 0 fully saturated rings. The molecule has 0 spiro atoms. The number of esters is 1. The largest absolute Gasteiger partial charge is 0.464 e. The number of nitrogens with two attached hydrogens (primary N) is 1. The van der Waals surface area contributed by atoms with Crippen LogP contribution in [-0.4, -0.2) is 23.3 Å². The summed E-state index contributed by atoms with van der Waals surface area (Å²) in [6.45, 7) is 0. The van der Waals surface area contributed by atoms with E-state index in [1.54, 1.807) is 0 Å². The quantitative estimate of drug-likeness (QED) is 0.567. The van der Waals surface area contributed by atoms with Crippen LogP contribution in [0, 0.1) is 0 Å². The number of hydrogen-bond donors (Lipinski definition) is 1. The number of nitrogens with zero attached hydrogens (tertiary/aromatic N) is 2. The standard InChI is InChI=1S/C6H7N3O2/c1-11-6(10)5-2-4(7)3-8-9-5/h2-3H,1H3,(H2,7,9). The van der Waals surface area contributed by atoms with Gasteiger partial charge in [-0.2, -0.15) is 5.10 Å². The summed E-state index contributed by atoms with van der Waals surface area (Å²) < 4.78 is 4.39. The van der Waals surface area contributed by atoms with Crippen molar-refractivity contribution in [1.29, 1.82) is 0 Å². The fraction of sp³-hybridized carbons (Fsp3) is 0.167. The zero-order chi connectivity index (χ0) is 8.27. The van der Waals surface area contributed by atoms with Crippen LogP contribution < -0.4 is 5.73 Å². The van der Waals surface area contributed by atoms with Crippen LogP contribution in [0.25, 0.3) is 0 Å². The highest BCUT2D eigenvalue weighted by atomic mass is 16.5. The zero-order valence-corrected chi connectivity index (χ0v) is 5.94. The van der Waals surface area contributed by atoms with Gasteiger partial charge in [-0.1, -0.05) is 0 Å². The Labute approximate surface area is 63.2 Å². The maximum atomic E-state index is 10.8. The van der Waals surface area contributed by atoms with Crippen LogP contribution in [0.15, 0.2) is 12.3 Å². The highest BCUT2D eigenvalue weighted by Gasteiger charge is 2.06. The summed E-state index contributed by atoms with van der Waals surface area (Å²) in [5, 5.41) is 6.98. The molecule has 11 heavy (non-hydrogen) atoms. The summed E-state index contributed by atoms with van der Waals surface area (Å²) in [6, 6.07) is 1.40. The molecule has 0 aliphatic carbocycles. The summed E-state index contributed by atoms with van der Waals surface area (Å²) in [6.07, 6.45) is 1.35. The van der Waals surface area contributed by atoms with Crippen molar-refractivity contribution in [3.8, 4) is 0 Å². The van der Waals surface area contributed by atoms with Crippen molar-refractivity contribution in [3.05, 3.63) is 18.0 Å². The first-order chi connectivity index (χ1) is 5.24. The number of aromatic nitrogens is 2. The van der Waals surface area contributed by atoms with Crippen molar-refractivity contribution in [2.24, 2.45) is 0 Å². The monoisotopic (exact) mass is 153 g/mol. The van der Waals surface area contributed by atoms with Crippen LogP contribution in [0.3, 0.4) is 0 Å². The molecule has 0 amide bonds. The number of ether oxygens (including phenoxy) is 1. The third-order valence-corrected chi connectivity index (χ3v) is 1.07. The maximum Gasteiger partial charge on any atom is 0.358 e. The van der Waals surface area contributed by atoms with E-state index in [1.165, 1.54) is 19.4 Å². The van der Waals surface area contributed by atoms with E-state index in [0.717, 1.165) is 0 Å². The molecule has 1 aromatic heterocycles. The van der Waals surface area contributed by atoms with Gasteiger partial charge >= 0.3 is 5.97 Å². The summed E-state index contributed by atoms with van der Waals surface area (Å²) in [7, 11) is 1.27. The Hall–Kier alpha value is -1.65. The van der Waals surface area contributed by atoms with Crippen molar-refractivity contribution in [1.82, 2.24) is 10.2 Å². The number of carbonyl (C=O) groups excluding carboxylic acids is 1. The van der Waals surface area contributed by atoms with Crippen molar-refractivity contribution in [2.45, 2.75) is 0 Å². The smallest absolute Gasteiger partial charge is 0.358 e. The van der Waals surface area contributed by atoms with Crippen LogP contribution in [0.1, 0.15) is 10.5 Å². The second-order valence-electron chi connectivity index (χ2n) is 1.87. The Morgan fingerprint density at radius 1 is 1.73 bits per heavy atom. The van der Waals surface area contributed by atoms with E-state index in [0.29, 0.717) is 5.69 Å². The second kappa shape index (κ2) is 2.96. The van der Waals surface area contributed by atoms with Gasteiger partial charge in [-0.15, -0.1) is 5.10 Å². The maximum absolute atomic E-state index is 10.8. The Kier molecular flexibility index (Phi) is 2.00. The minimum Gasteiger partial charge on any atom is -0.464 e. The zero-order valence-electron chi connectivity index (χ0n) is 5.94. The first kappa shape index (κ1) is 7.46. The molecule has 0 unspecified atom stereocenters. The topological polar surface area (TPSA) is 78.1 Å². The Bertz CT molecular complexity index is 274. The minimum atomic E-state index is -0.537. The van der Waals surface area contributed by atoms with Gasteiger partial charge in [0.2, 0.25) is 0 Å². The predicted octanol–water partition coefficient (Wildman–Crippen LogP) is -0.155. The van der Waals surface area contributed by atoms with E-state index in [-0.39, 0.29) is 5.69 Å². The van der Waals surface area contributed by atoms with Crippen LogP contribution in [-0.2, 0) is 4.74 Å². The molecule has 0 aliphatic heterocycles. The lowest BCUT2D eigenvalue weighted by Gasteiger charge is -1.96. The first-order valence-electron chi connectivity index (χ1n) is 2.90.